The minimum atomic E-state index is -0.264. The fourth-order valence-corrected chi connectivity index (χ4v) is 2.64. The zero-order valence-electron chi connectivity index (χ0n) is 14.5. The van der Waals surface area contributed by atoms with Crippen LogP contribution >= 0.6 is 0 Å². The number of carbonyl (C=O) groups is 2. The molecule has 6 nitrogen and oxygen atoms in total. The summed E-state index contributed by atoms with van der Waals surface area (Å²) in [7, 11) is 0. The molecule has 0 aromatic carbocycles. The van der Waals surface area contributed by atoms with Gasteiger partial charge in [0.25, 0.3) is 5.91 Å². The Kier molecular flexibility index (Phi) is 5.34. The molecule has 0 spiro atoms. The van der Waals surface area contributed by atoms with Gasteiger partial charge < -0.3 is 19.5 Å². The first-order valence-corrected chi connectivity index (χ1v) is 8.22. The number of ether oxygens (including phenoxy) is 1. The summed E-state index contributed by atoms with van der Waals surface area (Å²) in [4.78, 5) is 25.7. The van der Waals surface area contributed by atoms with Crippen LogP contribution in [0.2, 0.25) is 0 Å². The van der Waals surface area contributed by atoms with Gasteiger partial charge in [-0.3, -0.25) is 4.79 Å². The second-order valence-electron chi connectivity index (χ2n) is 6.91. The van der Waals surface area contributed by atoms with Crippen molar-refractivity contribution in [3.05, 3.63) is 24.0 Å². The Balaban J connectivity index is 1.85. The molecule has 0 aliphatic carbocycles. The molecule has 0 atom stereocenters. The molecule has 128 valence electrons. The highest BCUT2D eigenvalue weighted by atomic mass is 16.6. The van der Waals surface area contributed by atoms with Crippen LogP contribution < -0.4 is 5.32 Å². The molecule has 23 heavy (non-hydrogen) atoms. The summed E-state index contributed by atoms with van der Waals surface area (Å²) in [5, 5.41) is 3.06. The number of carbonyl (C=O) groups excluding carboxylic acids is 2. The van der Waals surface area contributed by atoms with Crippen molar-refractivity contribution < 1.29 is 14.3 Å². The first-order chi connectivity index (χ1) is 10.8. The van der Waals surface area contributed by atoms with E-state index in [-0.39, 0.29) is 23.6 Å². The van der Waals surface area contributed by atoms with Gasteiger partial charge in [-0.2, -0.15) is 0 Å². The van der Waals surface area contributed by atoms with Crippen LogP contribution in [-0.2, 0) is 10.3 Å². The maximum atomic E-state index is 12.3. The molecule has 0 radical (unpaired) electrons. The maximum absolute atomic E-state index is 12.3. The van der Waals surface area contributed by atoms with Crippen LogP contribution in [0.15, 0.2) is 18.5 Å². The molecule has 0 saturated carbocycles. The quantitative estimate of drug-likeness (QED) is 0.931. The third-order valence-electron chi connectivity index (χ3n) is 4.09. The second-order valence-corrected chi connectivity index (χ2v) is 6.91. The van der Waals surface area contributed by atoms with Gasteiger partial charge in [-0.15, -0.1) is 0 Å². The normalized spacial score (nSPS) is 16.3. The van der Waals surface area contributed by atoms with Crippen LogP contribution in [0.5, 0.6) is 0 Å². The molecule has 0 bridgehead atoms. The van der Waals surface area contributed by atoms with Gasteiger partial charge in [0.05, 0.1) is 12.2 Å². The van der Waals surface area contributed by atoms with Gasteiger partial charge >= 0.3 is 6.09 Å². The Bertz CT molecular complexity index is 552. The Morgan fingerprint density at radius 1 is 1.30 bits per heavy atom. The lowest BCUT2D eigenvalue weighted by atomic mass is 10.1. The van der Waals surface area contributed by atoms with Crippen molar-refractivity contribution in [2.75, 3.05) is 19.7 Å². The van der Waals surface area contributed by atoms with E-state index in [9.17, 15) is 9.59 Å². The molecule has 1 saturated heterocycles. The first-order valence-electron chi connectivity index (χ1n) is 8.22. The molecule has 2 rings (SSSR count). The standard InChI is InChI=1S/C17H27N3O3/c1-5-23-16(22)19-9-7-14(8-10-19)18-15(21)13-6-11-20(12-13)17(2,3)4/h6,11-12,14H,5,7-10H2,1-4H3,(H,18,21). The molecular formula is C17H27N3O3. The number of nitrogens with one attached hydrogen (secondary N) is 1. The highest BCUT2D eigenvalue weighted by Gasteiger charge is 2.25. The van der Waals surface area contributed by atoms with Gasteiger partial charge in [0.2, 0.25) is 0 Å². The summed E-state index contributed by atoms with van der Waals surface area (Å²) in [5.41, 5.74) is 0.636. The van der Waals surface area contributed by atoms with E-state index >= 15 is 0 Å². The van der Waals surface area contributed by atoms with Crippen molar-refractivity contribution in [2.45, 2.75) is 52.1 Å². The van der Waals surface area contributed by atoms with Gasteiger partial charge in [0.1, 0.15) is 0 Å². The van der Waals surface area contributed by atoms with Gasteiger partial charge in [0, 0.05) is 37.1 Å². The molecule has 2 amide bonds. The summed E-state index contributed by atoms with van der Waals surface area (Å²) >= 11 is 0. The van der Waals surface area contributed by atoms with Crippen LogP contribution in [0.3, 0.4) is 0 Å². The molecular weight excluding hydrogens is 294 g/mol. The molecule has 1 fully saturated rings. The second kappa shape index (κ2) is 7.06. The lowest BCUT2D eigenvalue weighted by Gasteiger charge is -2.31. The lowest BCUT2D eigenvalue weighted by Crippen LogP contribution is -2.46. The van der Waals surface area contributed by atoms with Crippen LogP contribution in [0.25, 0.3) is 0 Å². The molecule has 1 aromatic rings. The topological polar surface area (TPSA) is 63.6 Å². The Labute approximate surface area is 137 Å². The third kappa shape index (κ3) is 4.50. The smallest absolute Gasteiger partial charge is 0.409 e. The van der Waals surface area contributed by atoms with Crippen molar-refractivity contribution in [3.8, 4) is 0 Å². The van der Waals surface area contributed by atoms with Crippen molar-refractivity contribution in [1.82, 2.24) is 14.8 Å². The number of amides is 2. The average molecular weight is 321 g/mol. The van der Waals surface area contributed by atoms with Crippen LogP contribution in [0.1, 0.15) is 50.9 Å². The monoisotopic (exact) mass is 321 g/mol. The summed E-state index contributed by atoms with van der Waals surface area (Å²) in [5.74, 6) is -0.0532. The van der Waals surface area contributed by atoms with Gasteiger partial charge in [-0.25, -0.2) is 4.79 Å². The number of nitrogens with zero attached hydrogens (tertiary/aromatic N) is 2. The van der Waals surface area contributed by atoms with Crippen LogP contribution in [-0.4, -0.2) is 47.2 Å². The van der Waals surface area contributed by atoms with E-state index in [4.69, 9.17) is 4.74 Å². The van der Waals surface area contributed by atoms with E-state index in [2.05, 4.69) is 26.1 Å². The van der Waals surface area contributed by atoms with Crippen LogP contribution in [0.4, 0.5) is 4.79 Å². The molecule has 1 aliphatic rings. The summed E-state index contributed by atoms with van der Waals surface area (Å²) in [6, 6.07) is 1.94. The van der Waals surface area contributed by atoms with E-state index in [0.29, 0.717) is 25.3 Å². The fourth-order valence-electron chi connectivity index (χ4n) is 2.64. The predicted octanol–water partition coefficient (Wildman–Crippen LogP) is 2.59. The highest BCUT2D eigenvalue weighted by molar-refractivity contribution is 5.94. The van der Waals surface area contributed by atoms with Crippen molar-refractivity contribution >= 4 is 12.0 Å². The lowest BCUT2D eigenvalue weighted by molar-refractivity contribution is 0.0860. The fraction of sp³-hybridized carbons (Fsp3) is 0.647. The number of piperidine rings is 1. The van der Waals surface area contributed by atoms with E-state index < -0.39 is 0 Å². The molecule has 1 aliphatic heterocycles. The number of hydrogen-bond acceptors (Lipinski definition) is 3. The number of likely N-dealkylation sites (tertiary alicyclic amines) is 1. The number of rotatable bonds is 3. The van der Waals surface area contributed by atoms with E-state index in [0.717, 1.165) is 12.8 Å². The SMILES string of the molecule is CCOC(=O)N1CCC(NC(=O)c2ccn(C(C)(C)C)c2)CC1. The molecule has 2 heterocycles. The summed E-state index contributed by atoms with van der Waals surface area (Å²) < 4.78 is 7.03. The van der Waals surface area contributed by atoms with Gasteiger partial charge in [-0.1, -0.05) is 0 Å². The molecule has 1 N–H and O–H groups in total. The minimum absolute atomic E-state index is 0.0382. The predicted molar refractivity (Wildman–Crippen MR) is 88.5 cm³/mol. The Hall–Kier alpha value is -1.98. The van der Waals surface area contributed by atoms with Crippen molar-refractivity contribution in [2.24, 2.45) is 0 Å². The maximum Gasteiger partial charge on any atom is 0.409 e. The zero-order valence-corrected chi connectivity index (χ0v) is 14.5. The number of aromatic nitrogens is 1. The highest BCUT2D eigenvalue weighted by Crippen LogP contribution is 2.17. The average Bonchev–Trinajstić information content (AvgIpc) is 2.98. The van der Waals surface area contributed by atoms with E-state index in [1.165, 1.54) is 0 Å². The van der Waals surface area contributed by atoms with Gasteiger partial charge in [-0.05, 0) is 46.6 Å². The summed E-state index contributed by atoms with van der Waals surface area (Å²) in [6.07, 6.45) is 5.05. The Morgan fingerprint density at radius 2 is 1.96 bits per heavy atom. The van der Waals surface area contributed by atoms with Crippen molar-refractivity contribution in [3.63, 3.8) is 0 Å². The third-order valence-corrected chi connectivity index (χ3v) is 4.09. The number of hydrogen-bond donors (Lipinski definition) is 1. The van der Waals surface area contributed by atoms with Crippen molar-refractivity contribution in [1.29, 1.82) is 0 Å². The van der Waals surface area contributed by atoms with Crippen LogP contribution in [0, 0.1) is 0 Å². The largest absolute Gasteiger partial charge is 0.450 e. The summed E-state index contributed by atoms with van der Waals surface area (Å²) in [6.45, 7) is 9.72. The minimum Gasteiger partial charge on any atom is -0.450 e. The molecule has 6 heteroatoms. The zero-order chi connectivity index (χ0) is 17.0. The first kappa shape index (κ1) is 17.4. The molecule has 0 unspecified atom stereocenters. The Morgan fingerprint density at radius 3 is 2.48 bits per heavy atom. The van der Waals surface area contributed by atoms with E-state index in [1.54, 1.807) is 11.8 Å². The van der Waals surface area contributed by atoms with Gasteiger partial charge in [0.15, 0.2) is 0 Å². The van der Waals surface area contributed by atoms with E-state index in [1.807, 2.05) is 23.0 Å². The molecule has 1 aromatic heterocycles.